The van der Waals surface area contributed by atoms with Crippen LogP contribution in [0.1, 0.15) is 25.3 Å². The molecule has 0 aliphatic heterocycles. The Morgan fingerprint density at radius 3 is 2.07 bits per heavy atom. The van der Waals surface area contributed by atoms with E-state index in [1.54, 1.807) is 0 Å². The number of pyridine rings is 1. The molecule has 0 aliphatic carbocycles. The van der Waals surface area contributed by atoms with Gasteiger partial charge < -0.3 is 9.55 Å². The van der Waals surface area contributed by atoms with Gasteiger partial charge >= 0.3 is 0 Å². The van der Waals surface area contributed by atoms with Gasteiger partial charge in [-0.2, -0.15) is 11.3 Å². The molecule has 10 aromatic rings. The van der Waals surface area contributed by atoms with Crippen LogP contribution in [0.15, 0.2) is 176 Å². The monoisotopic (exact) mass is 988 g/mol. The molecule has 3 aromatic heterocycles. The van der Waals surface area contributed by atoms with E-state index >= 15 is 0 Å². The van der Waals surface area contributed by atoms with Crippen LogP contribution < -0.4 is 5.19 Å². The second-order valence-corrected chi connectivity index (χ2v) is 22.4. The maximum Gasteiger partial charge on any atom is 0.0795 e. The Bertz CT molecular complexity index is 3040. The van der Waals surface area contributed by atoms with Crippen molar-refractivity contribution in [1.82, 2.24) is 14.5 Å². The molecule has 0 amide bonds. The molecule has 7 aromatic carbocycles. The first kappa shape index (κ1) is 41.0. The molecule has 1 radical (unpaired) electrons. The van der Waals surface area contributed by atoms with Crippen LogP contribution in [0.3, 0.4) is 0 Å². The van der Waals surface area contributed by atoms with Crippen molar-refractivity contribution in [2.24, 2.45) is 0 Å². The van der Waals surface area contributed by atoms with Crippen LogP contribution in [0.25, 0.3) is 81.8 Å². The number of thiophene rings is 1. The van der Waals surface area contributed by atoms with E-state index in [4.69, 9.17) is 4.98 Å². The standard InChI is InChI=1S/C40H29N2S.C14H16NSi.Ir/c1-26(2)30-17-11-18-31(28-15-7-4-8-16-28)38(30)42-36-22-10-9-21-35(36)41-40(42)34-20-12-19-33-32-24-23-29(25-37(32)43-39(33)34)27-13-5-3-6-14-27;1-16(2,3)13-9-10-14(15-11-13)12-7-5-4-6-8-12;/h3-19,21-26H,1-2H3;4-7,9-11H,1-3H3;/q2*-1;. The van der Waals surface area contributed by atoms with Gasteiger partial charge in [0.25, 0.3) is 0 Å². The Balaban J connectivity index is 0.000000248. The summed E-state index contributed by atoms with van der Waals surface area (Å²) in [7, 11) is -1.23. The molecule has 6 heteroatoms. The van der Waals surface area contributed by atoms with Crippen molar-refractivity contribution in [3.05, 3.63) is 194 Å². The largest absolute Gasteiger partial charge is 0.332 e. The van der Waals surface area contributed by atoms with Crippen molar-refractivity contribution in [3.8, 4) is 50.6 Å². The number of rotatable bonds is 7. The summed E-state index contributed by atoms with van der Waals surface area (Å²) in [6, 6.07) is 66.7. The molecule has 0 saturated carbocycles. The molecule has 0 spiro atoms. The molecule has 60 heavy (non-hydrogen) atoms. The normalized spacial score (nSPS) is 11.4. The third kappa shape index (κ3) is 8.09. The third-order valence-corrected chi connectivity index (χ3v) is 14.2. The van der Waals surface area contributed by atoms with Crippen molar-refractivity contribution in [2.45, 2.75) is 39.4 Å². The molecule has 3 nitrogen and oxygen atoms in total. The van der Waals surface area contributed by atoms with Crippen LogP contribution in [0.4, 0.5) is 0 Å². The maximum absolute atomic E-state index is 5.32. The van der Waals surface area contributed by atoms with Gasteiger partial charge in [0.2, 0.25) is 0 Å². The van der Waals surface area contributed by atoms with Crippen LogP contribution in [-0.4, -0.2) is 22.6 Å². The summed E-state index contributed by atoms with van der Waals surface area (Å²) >= 11 is 1.83. The van der Waals surface area contributed by atoms with Crippen molar-refractivity contribution in [2.75, 3.05) is 0 Å². The molecular formula is C54H45IrN3SSi-2. The van der Waals surface area contributed by atoms with Gasteiger partial charge in [0.15, 0.2) is 0 Å². The summed E-state index contributed by atoms with van der Waals surface area (Å²) in [5.41, 5.74) is 12.5. The van der Waals surface area contributed by atoms with E-state index in [0.717, 1.165) is 33.7 Å². The first-order valence-corrected chi connectivity index (χ1v) is 24.6. The van der Waals surface area contributed by atoms with E-state index in [0.29, 0.717) is 5.92 Å². The first-order valence-electron chi connectivity index (χ1n) is 20.3. The summed E-state index contributed by atoms with van der Waals surface area (Å²) in [6.45, 7) is 11.5. The minimum absolute atomic E-state index is 0. The molecule has 0 aliphatic rings. The number of fused-ring (bicyclic) bond motifs is 4. The van der Waals surface area contributed by atoms with E-state index < -0.39 is 8.07 Å². The number of para-hydroxylation sites is 3. The number of nitrogens with zero attached hydrogens (tertiary/aromatic N) is 3. The molecule has 0 saturated heterocycles. The molecule has 297 valence electrons. The molecule has 0 atom stereocenters. The topological polar surface area (TPSA) is 30.7 Å². The fourth-order valence-electron chi connectivity index (χ4n) is 7.81. The summed E-state index contributed by atoms with van der Waals surface area (Å²) in [5, 5.41) is 3.91. The van der Waals surface area contributed by atoms with E-state index in [2.05, 4.69) is 201 Å². The fourth-order valence-corrected chi connectivity index (χ4v) is 10.1. The zero-order valence-electron chi connectivity index (χ0n) is 34.4. The third-order valence-electron chi connectivity index (χ3n) is 10.9. The van der Waals surface area contributed by atoms with Crippen molar-refractivity contribution >= 4 is 55.8 Å². The predicted octanol–water partition coefficient (Wildman–Crippen LogP) is 14.4. The number of hydrogen-bond donors (Lipinski definition) is 0. The molecule has 0 bridgehead atoms. The molecule has 10 rings (SSSR count). The van der Waals surface area contributed by atoms with Gasteiger partial charge in [-0.3, -0.25) is 4.98 Å². The van der Waals surface area contributed by atoms with E-state index in [-0.39, 0.29) is 20.1 Å². The van der Waals surface area contributed by atoms with E-state index in [9.17, 15) is 0 Å². The van der Waals surface area contributed by atoms with Crippen LogP contribution >= 0.6 is 11.3 Å². The molecular weight excluding hydrogens is 943 g/mol. The summed E-state index contributed by atoms with van der Waals surface area (Å²) in [6.07, 6.45) is 2.02. The molecule has 3 heterocycles. The summed E-state index contributed by atoms with van der Waals surface area (Å²) < 4.78 is 4.87. The van der Waals surface area contributed by atoms with Gasteiger partial charge in [0.1, 0.15) is 0 Å². The molecule has 0 N–H and O–H groups in total. The van der Waals surface area contributed by atoms with E-state index in [1.165, 1.54) is 58.9 Å². The second-order valence-electron chi connectivity index (χ2n) is 16.3. The fraction of sp³-hybridized carbons (Fsp3) is 0.111. The minimum Gasteiger partial charge on any atom is -0.332 e. The first-order chi connectivity index (χ1) is 28.7. The number of aromatic nitrogens is 3. The van der Waals surface area contributed by atoms with Crippen molar-refractivity contribution in [1.29, 1.82) is 0 Å². The van der Waals surface area contributed by atoms with Crippen LogP contribution in [0.5, 0.6) is 0 Å². The number of hydrogen-bond acceptors (Lipinski definition) is 3. The van der Waals surface area contributed by atoms with Gasteiger partial charge in [-0.05, 0) is 67.3 Å². The van der Waals surface area contributed by atoms with Gasteiger partial charge in [0.05, 0.1) is 24.9 Å². The van der Waals surface area contributed by atoms with Crippen molar-refractivity contribution < 1.29 is 20.1 Å². The molecule has 0 fully saturated rings. The maximum atomic E-state index is 5.32. The zero-order valence-corrected chi connectivity index (χ0v) is 38.6. The predicted molar refractivity (Wildman–Crippen MR) is 255 cm³/mol. The quantitative estimate of drug-likeness (QED) is 0.118. The SMILES string of the molecule is CC(C)c1cccc(-c2ccccc2)c1-n1c(-c2[c-]ccc3c2sc2cc(-c4ccccc4)ccc23)nc2ccccc21.C[Si](C)(C)c1ccc(-c2[c-]cccc2)nc1.[Ir]. The Labute approximate surface area is 371 Å². The Hall–Kier alpha value is -5.75. The average Bonchev–Trinajstić information content (AvgIpc) is 3.85. The smallest absolute Gasteiger partial charge is 0.0795 e. The van der Waals surface area contributed by atoms with Crippen LogP contribution in [-0.2, 0) is 20.1 Å². The summed E-state index contributed by atoms with van der Waals surface area (Å²) in [5.74, 6) is 1.25. The Kier molecular flexibility index (Phi) is 11.9. The average molecular weight is 988 g/mol. The minimum atomic E-state index is -1.23. The zero-order chi connectivity index (χ0) is 40.5. The van der Waals surface area contributed by atoms with Gasteiger partial charge in [-0.1, -0.05) is 160 Å². The van der Waals surface area contributed by atoms with Crippen LogP contribution in [0.2, 0.25) is 19.6 Å². The van der Waals surface area contributed by atoms with Gasteiger partial charge in [0, 0.05) is 42.3 Å². The Morgan fingerprint density at radius 2 is 1.37 bits per heavy atom. The van der Waals surface area contributed by atoms with Gasteiger partial charge in [-0.25, -0.2) is 0 Å². The number of imidazole rings is 1. The molecule has 0 unspecified atom stereocenters. The Morgan fingerprint density at radius 1 is 0.633 bits per heavy atom. The second kappa shape index (κ2) is 17.5. The van der Waals surface area contributed by atoms with Crippen molar-refractivity contribution in [3.63, 3.8) is 0 Å². The van der Waals surface area contributed by atoms with Gasteiger partial charge in [-0.15, -0.1) is 54.1 Å². The van der Waals surface area contributed by atoms with E-state index in [1.807, 2.05) is 41.8 Å². The summed E-state index contributed by atoms with van der Waals surface area (Å²) in [4.78, 5) is 9.84. The number of benzene rings is 7. The van der Waals surface area contributed by atoms with Crippen LogP contribution in [0, 0.1) is 12.1 Å².